The minimum absolute atomic E-state index is 0.0257. The smallest absolute Gasteiger partial charge is 0.246 e. The Labute approximate surface area is 88.5 Å². The van der Waals surface area contributed by atoms with Crippen molar-refractivity contribution < 1.29 is 14.3 Å². The van der Waals surface area contributed by atoms with Gasteiger partial charge in [0, 0.05) is 25.6 Å². The van der Waals surface area contributed by atoms with E-state index in [1.807, 2.05) is 0 Å². The molecule has 1 heterocycles. The van der Waals surface area contributed by atoms with Crippen LogP contribution in [0.4, 0.5) is 0 Å². The monoisotopic (exact) mass is 215 g/mol. The predicted octanol–water partition coefficient (Wildman–Crippen LogP) is -1.64. The van der Waals surface area contributed by atoms with E-state index in [9.17, 15) is 9.59 Å². The molecule has 1 aliphatic rings. The van der Waals surface area contributed by atoms with Gasteiger partial charge in [-0.3, -0.25) is 9.59 Å². The molecule has 0 radical (unpaired) electrons. The standard InChI is InChI=1S/C9H17N3O3/c10-3-4-15-6-9(14)11-5-7-1-2-8(13)12-7/h7H,1-6,10H2,(H,11,14)(H,12,13). The van der Waals surface area contributed by atoms with Crippen LogP contribution < -0.4 is 16.4 Å². The minimum atomic E-state index is -0.176. The number of rotatable bonds is 6. The molecular formula is C9H17N3O3. The van der Waals surface area contributed by atoms with Gasteiger partial charge in [0.05, 0.1) is 6.61 Å². The molecule has 15 heavy (non-hydrogen) atoms. The molecule has 0 aromatic rings. The van der Waals surface area contributed by atoms with Crippen LogP contribution in [0, 0.1) is 0 Å². The molecule has 1 atom stereocenters. The minimum Gasteiger partial charge on any atom is -0.370 e. The lowest BCUT2D eigenvalue weighted by Crippen LogP contribution is -2.39. The number of amides is 2. The van der Waals surface area contributed by atoms with Gasteiger partial charge in [-0.25, -0.2) is 0 Å². The third kappa shape index (κ3) is 4.75. The number of carbonyl (C=O) groups is 2. The Morgan fingerprint density at radius 3 is 3.07 bits per heavy atom. The quantitative estimate of drug-likeness (QED) is 0.463. The lowest BCUT2D eigenvalue weighted by molar-refractivity contribution is -0.126. The summed E-state index contributed by atoms with van der Waals surface area (Å²) in [6.07, 6.45) is 1.33. The first-order valence-electron chi connectivity index (χ1n) is 5.06. The first-order valence-corrected chi connectivity index (χ1v) is 5.06. The van der Waals surface area contributed by atoms with Gasteiger partial charge >= 0.3 is 0 Å². The van der Waals surface area contributed by atoms with Crippen LogP contribution in [0.25, 0.3) is 0 Å². The van der Waals surface area contributed by atoms with E-state index in [2.05, 4.69) is 10.6 Å². The van der Waals surface area contributed by atoms with Gasteiger partial charge in [0.15, 0.2) is 0 Å². The van der Waals surface area contributed by atoms with Crippen LogP contribution in [0.1, 0.15) is 12.8 Å². The fraction of sp³-hybridized carbons (Fsp3) is 0.778. The van der Waals surface area contributed by atoms with Crippen molar-refractivity contribution in [2.45, 2.75) is 18.9 Å². The highest BCUT2D eigenvalue weighted by molar-refractivity contribution is 5.79. The van der Waals surface area contributed by atoms with Gasteiger partial charge in [0.2, 0.25) is 11.8 Å². The number of hydrogen-bond acceptors (Lipinski definition) is 4. The Morgan fingerprint density at radius 2 is 2.47 bits per heavy atom. The highest BCUT2D eigenvalue weighted by atomic mass is 16.5. The van der Waals surface area contributed by atoms with E-state index in [0.717, 1.165) is 6.42 Å². The summed E-state index contributed by atoms with van der Waals surface area (Å²) in [4.78, 5) is 22.0. The van der Waals surface area contributed by atoms with E-state index in [-0.39, 0.29) is 24.5 Å². The molecule has 1 unspecified atom stereocenters. The Balaban J connectivity index is 2.03. The highest BCUT2D eigenvalue weighted by Gasteiger charge is 2.20. The molecule has 2 amide bonds. The molecule has 0 spiro atoms. The van der Waals surface area contributed by atoms with Gasteiger partial charge < -0.3 is 21.1 Å². The summed E-state index contributed by atoms with van der Waals surface area (Å²) >= 11 is 0. The second-order valence-electron chi connectivity index (χ2n) is 3.45. The first kappa shape index (κ1) is 11.9. The van der Waals surface area contributed by atoms with Crippen molar-refractivity contribution in [3.63, 3.8) is 0 Å². The van der Waals surface area contributed by atoms with Crippen LogP contribution >= 0.6 is 0 Å². The Kier molecular flexibility index (Phi) is 5.06. The second kappa shape index (κ2) is 6.36. The highest BCUT2D eigenvalue weighted by Crippen LogP contribution is 2.04. The van der Waals surface area contributed by atoms with E-state index in [1.54, 1.807) is 0 Å². The number of nitrogens with one attached hydrogen (secondary N) is 2. The van der Waals surface area contributed by atoms with E-state index in [1.165, 1.54) is 0 Å². The summed E-state index contributed by atoms with van der Waals surface area (Å²) < 4.78 is 4.96. The zero-order valence-corrected chi connectivity index (χ0v) is 8.62. The van der Waals surface area contributed by atoms with Crippen LogP contribution in [-0.4, -0.2) is 44.2 Å². The van der Waals surface area contributed by atoms with Gasteiger partial charge in [-0.1, -0.05) is 0 Å². The van der Waals surface area contributed by atoms with E-state index >= 15 is 0 Å². The van der Waals surface area contributed by atoms with Crippen molar-refractivity contribution >= 4 is 11.8 Å². The van der Waals surface area contributed by atoms with Gasteiger partial charge in [0.1, 0.15) is 6.61 Å². The molecule has 1 fully saturated rings. The van der Waals surface area contributed by atoms with Crippen molar-refractivity contribution in [3.05, 3.63) is 0 Å². The molecule has 6 nitrogen and oxygen atoms in total. The predicted molar refractivity (Wildman–Crippen MR) is 54.0 cm³/mol. The molecule has 1 saturated heterocycles. The normalized spacial score (nSPS) is 20.1. The lowest BCUT2D eigenvalue weighted by atomic mass is 10.2. The maximum absolute atomic E-state index is 11.2. The fourth-order valence-corrected chi connectivity index (χ4v) is 1.37. The van der Waals surface area contributed by atoms with E-state index < -0.39 is 0 Å². The maximum atomic E-state index is 11.2. The second-order valence-corrected chi connectivity index (χ2v) is 3.45. The average molecular weight is 215 g/mol. The number of nitrogens with two attached hydrogens (primary N) is 1. The van der Waals surface area contributed by atoms with E-state index in [0.29, 0.717) is 26.1 Å². The Bertz CT molecular complexity index is 233. The summed E-state index contributed by atoms with van der Waals surface area (Å²) in [5.74, 6) is -0.127. The average Bonchev–Trinajstić information content (AvgIpc) is 2.62. The molecule has 6 heteroatoms. The van der Waals surface area contributed by atoms with Crippen LogP contribution in [0.15, 0.2) is 0 Å². The molecule has 0 saturated carbocycles. The van der Waals surface area contributed by atoms with Crippen LogP contribution in [-0.2, 0) is 14.3 Å². The molecule has 0 aromatic heterocycles. The van der Waals surface area contributed by atoms with Crippen molar-refractivity contribution in [1.29, 1.82) is 0 Å². The lowest BCUT2D eigenvalue weighted by Gasteiger charge is -2.11. The molecule has 1 aliphatic heterocycles. The molecular weight excluding hydrogens is 198 g/mol. The van der Waals surface area contributed by atoms with Crippen LogP contribution in [0.3, 0.4) is 0 Å². The van der Waals surface area contributed by atoms with Crippen LogP contribution in [0.5, 0.6) is 0 Å². The zero-order chi connectivity index (χ0) is 11.1. The Morgan fingerprint density at radius 1 is 1.67 bits per heavy atom. The summed E-state index contributed by atoms with van der Waals surface area (Å²) in [6.45, 7) is 1.29. The maximum Gasteiger partial charge on any atom is 0.246 e. The number of hydrogen-bond donors (Lipinski definition) is 3. The fourth-order valence-electron chi connectivity index (χ4n) is 1.37. The van der Waals surface area contributed by atoms with Crippen molar-refractivity contribution in [2.75, 3.05) is 26.3 Å². The third-order valence-electron chi connectivity index (χ3n) is 2.13. The topological polar surface area (TPSA) is 93.4 Å². The SMILES string of the molecule is NCCOCC(=O)NCC1CCC(=O)N1. The van der Waals surface area contributed by atoms with Gasteiger partial charge in [-0.05, 0) is 6.42 Å². The first-order chi connectivity index (χ1) is 7.22. The third-order valence-corrected chi connectivity index (χ3v) is 2.13. The largest absolute Gasteiger partial charge is 0.370 e. The molecule has 0 bridgehead atoms. The molecule has 1 rings (SSSR count). The van der Waals surface area contributed by atoms with Crippen molar-refractivity contribution in [2.24, 2.45) is 5.73 Å². The zero-order valence-electron chi connectivity index (χ0n) is 8.62. The van der Waals surface area contributed by atoms with Crippen molar-refractivity contribution in [3.8, 4) is 0 Å². The molecule has 0 aromatic carbocycles. The number of carbonyl (C=O) groups excluding carboxylic acids is 2. The summed E-state index contributed by atoms with van der Waals surface area (Å²) in [7, 11) is 0. The summed E-state index contributed by atoms with van der Waals surface area (Å²) in [5, 5.41) is 5.45. The molecule has 0 aliphatic carbocycles. The summed E-state index contributed by atoms with van der Waals surface area (Å²) in [6, 6.07) is 0.0657. The molecule has 86 valence electrons. The van der Waals surface area contributed by atoms with E-state index in [4.69, 9.17) is 10.5 Å². The van der Waals surface area contributed by atoms with Crippen molar-refractivity contribution in [1.82, 2.24) is 10.6 Å². The molecule has 4 N–H and O–H groups in total. The summed E-state index contributed by atoms with van der Waals surface area (Å²) in [5.41, 5.74) is 5.20. The van der Waals surface area contributed by atoms with Gasteiger partial charge in [0.25, 0.3) is 0 Å². The Hall–Kier alpha value is -1.14. The number of ether oxygens (including phenoxy) is 1. The van der Waals surface area contributed by atoms with Gasteiger partial charge in [-0.2, -0.15) is 0 Å². The van der Waals surface area contributed by atoms with Crippen LogP contribution in [0.2, 0.25) is 0 Å². The van der Waals surface area contributed by atoms with Gasteiger partial charge in [-0.15, -0.1) is 0 Å².